The van der Waals surface area contributed by atoms with Gasteiger partial charge in [0.15, 0.2) is 11.5 Å². The molecule has 0 saturated carbocycles. The maximum absolute atomic E-state index is 5.76. The van der Waals surface area contributed by atoms with Gasteiger partial charge in [-0.1, -0.05) is 19.8 Å². The van der Waals surface area contributed by atoms with Crippen LogP contribution < -0.4 is 14.9 Å². The number of methoxy groups -OCH3 is 1. The molecule has 0 fully saturated rings. The van der Waals surface area contributed by atoms with E-state index in [0.29, 0.717) is 6.61 Å². The topological polar surface area (TPSA) is 55.7 Å². The van der Waals surface area contributed by atoms with Crippen LogP contribution in [-0.2, 0) is 0 Å². The number of hydrogen-bond acceptors (Lipinski definition) is 6. The summed E-state index contributed by atoms with van der Waals surface area (Å²) in [4.78, 5) is 4.09. The normalized spacial score (nSPS) is 10.8. The van der Waals surface area contributed by atoms with Crippen LogP contribution in [0.3, 0.4) is 0 Å². The maximum atomic E-state index is 5.76. The number of hydrazone groups is 1. The van der Waals surface area contributed by atoms with Crippen molar-refractivity contribution in [3.8, 4) is 11.5 Å². The van der Waals surface area contributed by atoms with E-state index in [1.807, 2.05) is 23.6 Å². The largest absolute Gasteiger partial charge is 0.493 e. The molecule has 0 spiro atoms. The van der Waals surface area contributed by atoms with E-state index in [0.717, 1.165) is 28.6 Å². The number of anilines is 1. The number of thiazole rings is 1. The van der Waals surface area contributed by atoms with Crippen molar-refractivity contribution >= 4 is 22.7 Å². The van der Waals surface area contributed by atoms with Crippen LogP contribution in [0.25, 0.3) is 0 Å². The summed E-state index contributed by atoms with van der Waals surface area (Å²) >= 11 is 1.50. The second-order valence-corrected chi connectivity index (χ2v) is 5.57. The van der Waals surface area contributed by atoms with E-state index in [9.17, 15) is 0 Å². The molecule has 0 saturated heterocycles. The van der Waals surface area contributed by atoms with Gasteiger partial charge >= 0.3 is 0 Å². The van der Waals surface area contributed by atoms with Crippen LogP contribution in [0.4, 0.5) is 5.13 Å². The van der Waals surface area contributed by atoms with E-state index in [2.05, 4.69) is 22.4 Å². The van der Waals surface area contributed by atoms with Crippen LogP contribution in [0, 0.1) is 0 Å². The van der Waals surface area contributed by atoms with Crippen molar-refractivity contribution in [1.29, 1.82) is 0 Å². The molecule has 1 N–H and O–H groups in total. The van der Waals surface area contributed by atoms with Gasteiger partial charge in [0.2, 0.25) is 5.13 Å². The average molecular weight is 319 g/mol. The molecule has 1 aromatic carbocycles. The van der Waals surface area contributed by atoms with Gasteiger partial charge in [-0.2, -0.15) is 5.10 Å². The van der Waals surface area contributed by atoms with Crippen LogP contribution in [0.5, 0.6) is 11.5 Å². The van der Waals surface area contributed by atoms with Crippen LogP contribution in [0.1, 0.15) is 31.7 Å². The van der Waals surface area contributed by atoms with Gasteiger partial charge in [0, 0.05) is 11.6 Å². The minimum Gasteiger partial charge on any atom is -0.493 e. The number of unbranched alkanes of at least 4 members (excludes halogenated alkanes) is 2. The Morgan fingerprint density at radius 1 is 1.32 bits per heavy atom. The Morgan fingerprint density at radius 2 is 2.23 bits per heavy atom. The van der Waals surface area contributed by atoms with Gasteiger partial charge in [0.25, 0.3) is 0 Å². The summed E-state index contributed by atoms with van der Waals surface area (Å²) in [5.41, 5.74) is 3.81. The number of nitrogens with one attached hydrogen (secondary N) is 1. The van der Waals surface area contributed by atoms with E-state index >= 15 is 0 Å². The lowest BCUT2D eigenvalue weighted by atomic mass is 10.2. The number of hydrogen-bond donors (Lipinski definition) is 1. The predicted octanol–water partition coefficient (Wildman–Crippen LogP) is 4.17. The Kier molecular flexibility index (Phi) is 6.70. The average Bonchev–Trinajstić information content (AvgIpc) is 3.05. The Balaban J connectivity index is 1.94. The molecule has 0 aliphatic heterocycles. The fourth-order valence-electron chi connectivity index (χ4n) is 1.86. The Labute approximate surface area is 135 Å². The lowest BCUT2D eigenvalue weighted by Gasteiger charge is -2.11. The van der Waals surface area contributed by atoms with E-state index in [1.54, 1.807) is 19.5 Å². The highest BCUT2D eigenvalue weighted by molar-refractivity contribution is 7.13. The van der Waals surface area contributed by atoms with Gasteiger partial charge in [-0.15, -0.1) is 11.3 Å². The van der Waals surface area contributed by atoms with Crippen molar-refractivity contribution in [2.24, 2.45) is 5.10 Å². The number of rotatable bonds is 9. The van der Waals surface area contributed by atoms with E-state index in [-0.39, 0.29) is 0 Å². The number of benzene rings is 1. The van der Waals surface area contributed by atoms with Crippen molar-refractivity contribution < 1.29 is 9.47 Å². The first-order chi connectivity index (χ1) is 10.8. The number of nitrogens with zero attached hydrogens (tertiary/aromatic N) is 2. The standard InChI is InChI=1S/C16H21N3O2S/c1-3-4-5-9-21-14-7-6-13(11-15(14)20-2)12-18-19-16-17-8-10-22-16/h6-8,10-12H,3-5,9H2,1-2H3,(H,17,19)/b18-12-. The van der Waals surface area contributed by atoms with Gasteiger partial charge < -0.3 is 9.47 Å². The van der Waals surface area contributed by atoms with Gasteiger partial charge in [0.05, 0.1) is 19.9 Å². The third-order valence-electron chi connectivity index (χ3n) is 3.00. The highest BCUT2D eigenvalue weighted by Gasteiger charge is 2.05. The fraction of sp³-hybridized carbons (Fsp3) is 0.375. The van der Waals surface area contributed by atoms with E-state index in [1.165, 1.54) is 24.2 Å². The summed E-state index contributed by atoms with van der Waals surface area (Å²) in [6, 6.07) is 5.77. The third-order valence-corrected chi connectivity index (χ3v) is 3.68. The monoisotopic (exact) mass is 319 g/mol. The zero-order valence-corrected chi connectivity index (χ0v) is 13.7. The van der Waals surface area contributed by atoms with Crippen LogP contribution >= 0.6 is 11.3 Å². The summed E-state index contributed by atoms with van der Waals surface area (Å²) in [7, 11) is 1.64. The third kappa shape index (κ3) is 5.04. The van der Waals surface area contributed by atoms with Crippen molar-refractivity contribution in [2.75, 3.05) is 19.1 Å². The molecular formula is C16H21N3O2S. The quantitative estimate of drug-likeness (QED) is 0.428. The first-order valence-corrected chi connectivity index (χ1v) is 8.21. The smallest absolute Gasteiger partial charge is 0.203 e. The summed E-state index contributed by atoms with van der Waals surface area (Å²) in [6.07, 6.45) is 6.87. The van der Waals surface area contributed by atoms with Crippen molar-refractivity contribution in [1.82, 2.24) is 4.98 Å². The SMILES string of the molecule is CCCCCOc1ccc(/C=N\Nc2nccs2)cc1OC. The lowest BCUT2D eigenvalue weighted by molar-refractivity contribution is 0.286. The summed E-state index contributed by atoms with van der Waals surface area (Å²) < 4.78 is 11.1. The van der Waals surface area contributed by atoms with Crippen LogP contribution in [-0.4, -0.2) is 24.9 Å². The molecule has 0 aliphatic rings. The van der Waals surface area contributed by atoms with E-state index in [4.69, 9.17) is 9.47 Å². The van der Waals surface area contributed by atoms with Crippen molar-refractivity contribution in [3.63, 3.8) is 0 Å². The fourth-order valence-corrected chi connectivity index (χ4v) is 2.34. The molecule has 1 heterocycles. The predicted molar refractivity (Wildman–Crippen MR) is 91.3 cm³/mol. The molecule has 2 rings (SSSR count). The molecule has 2 aromatic rings. The van der Waals surface area contributed by atoms with Crippen LogP contribution in [0.15, 0.2) is 34.9 Å². The number of ether oxygens (including phenoxy) is 2. The highest BCUT2D eigenvalue weighted by atomic mass is 32.1. The molecule has 0 bridgehead atoms. The van der Waals surface area contributed by atoms with Gasteiger partial charge in [-0.25, -0.2) is 4.98 Å². The highest BCUT2D eigenvalue weighted by Crippen LogP contribution is 2.27. The summed E-state index contributed by atoms with van der Waals surface area (Å²) in [5.74, 6) is 1.48. The van der Waals surface area contributed by atoms with Crippen LogP contribution in [0.2, 0.25) is 0 Å². The molecule has 0 atom stereocenters. The maximum Gasteiger partial charge on any atom is 0.203 e. The minimum atomic E-state index is 0.712. The Morgan fingerprint density at radius 3 is 2.95 bits per heavy atom. The Hall–Kier alpha value is -2.08. The van der Waals surface area contributed by atoms with Crippen molar-refractivity contribution in [2.45, 2.75) is 26.2 Å². The molecule has 0 aliphatic carbocycles. The molecule has 22 heavy (non-hydrogen) atoms. The molecule has 5 nitrogen and oxygen atoms in total. The van der Waals surface area contributed by atoms with Gasteiger partial charge in [0.1, 0.15) is 0 Å². The molecule has 0 unspecified atom stereocenters. The molecule has 1 aromatic heterocycles. The zero-order chi connectivity index (χ0) is 15.6. The van der Waals surface area contributed by atoms with Gasteiger partial charge in [-0.05, 0) is 30.2 Å². The molecule has 0 radical (unpaired) electrons. The number of aromatic nitrogens is 1. The lowest BCUT2D eigenvalue weighted by Crippen LogP contribution is -2.00. The molecule has 0 amide bonds. The summed E-state index contributed by atoms with van der Waals surface area (Å²) in [5, 5.41) is 6.81. The second-order valence-electron chi connectivity index (χ2n) is 4.67. The Bertz CT molecular complexity index is 585. The molecule has 6 heteroatoms. The zero-order valence-electron chi connectivity index (χ0n) is 12.9. The van der Waals surface area contributed by atoms with Gasteiger partial charge in [-0.3, -0.25) is 5.43 Å². The molecule has 118 valence electrons. The second kappa shape index (κ2) is 9.04. The first-order valence-electron chi connectivity index (χ1n) is 7.33. The first kappa shape index (κ1) is 16.3. The van der Waals surface area contributed by atoms with Crippen molar-refractivity contribution in [3.05, 3.63) is 35.3 Å². The minimum absolute atomic E-state index is 0.712. The molecular weight excluding hydrogens is 298 g/mol. The van der Waals surface area contributed by atoms with E-state index < -0.39 is 0 Å². The summed E-state index contributed by atoms with van der Waals surface area (Å²) in [6.45, 7) is 2.89.